The van der Waals surface area contributed by atoms with Crippen molar-refractivity contribution in [1.82, 2.24) is 10.2 Å². The normalized spacial score (nSPS) is 22.2. The van der Waals surface area contributed by atoms with Crippen molar-refractivity contribution in [1.29, 1.82) is 0 Å². The molecule has 1 saturated heterocycles. The summed E-state index contributed by atoms with van der Waals surface area (Å²) in [6, 6.07) is 0.394. The van der Waals surface area contributed by atoms with E-state index in [9.17, 15) is 9.59 Å². The van der Waals surface area contributed by atoms with E-state index in [-0.39, 0.29) is 18.4 Å². The minimum atomic E-state index is -0.00208. The number of carbonyl (C=O) groups is 2. The molecular formula is C9H14N2O2. The van der Waals surface area contributed by atoms with E-state index in [2.05, 4.69) is 5.32 Å². The second-order valence-electron chi connectivity index (χ2n) is 3.76. The summed E-state index contributed by atoms with van der Waals surface area (Å²) in [6.45, 7) is 1.01. The molecule has 0 aromatic carbocycles. The van der Waals surface area contributed by atoms with Crippen molar-refractivity contribution in [3.8, 4) is 0 Å². The van der Waals surface area contributed by atoms with E-state index in [0.717, 1.165) is 25.8 Å². The van der Waals surface area contributed by atoms with Crippen LogP contribution in [0.5, 0.6) is 0 Å². The van der Waals surface area contributed by atoms with Crippen molar-refractivity contribution in [2.75, 3.05) is 13.1 Å². The molecule has 1 N–H and O–H groups in total. The molecule has 2 aliphatic rings. The van der Waals surface area contributed by atoms with Gasteiger partial charge in [0.1, 0.15) is 0 Å². The van der Waals surface area contributed by atoms with E-state index in [4.69, 9.17) is 0 Å². The van der Waals surface area contributed by atoms with Crippen LogP contribution in [0.1, 0.15) is 25.7 Å². The fraction of sp³-hybridized carbons (Fsp3) is 0.778. The predicted octanol–water partition coefficient (Wildman–Crippen LogP) is -0.113. The lowest BCUT2D eigenvalue weighted by Crippen LogP contribution is -2.38. The fourth-order valence-corrected chi connectivity index (χ4v) is 1.55. The summed E-state index contributed by atoms with van der Waals surface area (Å²) in [5.41, 5.74) is 0. The van der Waals surface area contributed by atoms with Crippen LogP contribution in [0.4, 0.5) is 0 Å². The van der Waals surface area contributed by atoms with Gasteiger partial charge in [0.05, 0.1) is 6.54 Å². The molecule has 4 heteroatoms. The molecule has 1 heterocycles. The summed E-state index contributed by atoms with van der Waals surface area (Å²) in [5.74, 6) is 0.115. The number of nitrogens with zero attached hydrogens (tertiary/aromatic N) is 1. The molecule has 0 aromatic rings. The van der Waals surface area contributed by atoms with Gasteiger partial charge in [0, 0.05) is 19.0 Å². The highest BCUT2D eigenvalue weighted by atomic mass is 16.2. The molecule has 1 aliphatic carbocycles. The lowest BCUT2D eigenvalue weighted by atomic mass is 10.4. The van der Waals surface area contributed by atoms with Crippen LogP contribution in [-0.2, 0) is 9.59 Å². The Morgan fingerprint density at radius 2 is 2.31 bits per heavy atom. The Bertz CT molecular complexity index is 236. The van der Waals surface area contributed by atoms with Crippen LogP contribution in [0, 0.1) is 0 Å². The standard InChI is InChI=1S/C9H14N2O2/c12-8(10-7-3-4-7)6-11-5-1-2-9(11)13/h7H,1-6H2,(H,10,12). The number of carbonyl (C=O) groups excluding carboxylic acids is 2. The zero-order chi connectivity index (χ0) is 9.26. The number of likely N-dealkylation sites (tertiary alicyclic amines) is 1. The zero-order valence-corrected chi connectivity index (χ0v) is 7.58. The molecule has 0 radical (unpaired) electrons. The first-order chi connectivity index (χ1) is 6.25. The lowest BCUT2D eigenvalue weighted by Gasteiger charge is -2.14. The third kappa shape index (κ3) is 2.20. The average Bonchev–Trinajstić information content (AvgIpc) is 2.79. The SMILES string of the molecule is O=C(CN1CCCC1=O)NC1CC1. The molecule has 1 aliphatic heterocycles. The third-order valence-electron chi connectivity index (χ3n) is 2.45. The minimum Gasteiger partial charge on any atom is -0.352 e. The number of rotatable bonds is 3. The van der Waals surface area contributed by atoms with Gasteiger partial charge >= 0.3 is 0 Å². The van der Waals surface area contributed by atoms with Crippen molar-refractivity contribution in [2.45, 2.75) is 31.7 Å². The maximum atomic E-state index is 11.3. The zero-order valence-electron chi connectivity index (χ0n) is 7.58. The Labute approximate surface area is 77.3 Å². The first-order valence-electron chi connectivity index (χ1n) is 4.83. The van der Waals surface area contributed by atoms with Crippen molar-refractivity contribution >= 4 is 11.8 Å². The molecule has 0 unspecified atom stereocenters. The van der Waals surface area contributed by atoms with Crippen LogP contribution in [0.15, 0.2) is 0 Å². The Kier molecular flexibility index (Phi) is 2.20. The molecule has 4 nitrogen and oxygen atoms in total. The summed E-state index contributed by atoms with van der Waals surface area (Å²) in [4.78, 5) is 24.1. The van der Waals surface area contributed by atoms with E-state index < -0.39 is 0 Å². The van der Waals surface area contributed by atoms with Crippen molar-refractivity contribution in [3.63, 3.8) is 0 Å². The van der Waals surface area contributed by atoms with Gasteiger partial charge in [-0.1, -0.05) is 0 Å². The van der Waals surface area contributed by atoms with Crippen LogP contribution in [0.3, 0.4) is 0 Å². The van der Waals surface area contributed by atoms with Gasteiger partial charge in [-0.15, -0.1) is 0 Å². The smallest absolute Gasteiger partial charge is 0.239 e. The van der Waals surface area contributed by atoms with Gasteiger partial charge in [-0.3, -0.25) is 9.59 Å². The lowest BCUT2D eigenvalue weighted by molar-refractivity contribution is -0.133. The van der Waals surface area contributed by atoms with Crippen LogP contribution in [0.2, 0.25) is 0 Å². The van der Waals surface area contributed by atoms with Gasteiger partial charge in [-0.25, -0.2) is 0 Å². The number of hydrogen-bond acceptors (Lipinski definition) is 2. The van der Waals surface area contributed by atoms with Gasteiger partial charge in [-0.2, -0.15) is 0 Å². The first-order valence-corrected chi connectivity index (χ1v) is 4.83. The van der Waals surface area contributed by atoms with Crippen molar-refractivity contribution in [2.24, 2.45) is 0 Å². The van der Waals surface area contributed by atoms with Crippen LogP contribution in [0.25, 0.3) is 0 Å². The summed E-state index contributed by atoms with van der Waals surface area (Å²) < 4.78 is 0. The molecule has 0 spiro atoms. The predicted molar refractivity (Wildman–Crippen MR) is 47.0 cm³/mol. The summed E-state index contributed by atoms with van der Waals surface area (Å²) >= 11 is 0. The van der Waals surface area contributed by atoms with Gasteiger partial charge < -0.3 is 10.2 Å². The summed E-state index contributed by atoms with van der Waals surface area (Å²) in [6.07, 6.45) is 3.70. The highest BCUT2D eigenvalue weighted by Gasteiger charge is 2.26. The van der Waals surface area contributed by atoms with E-state index in [0.29, 0.717) is 12.5 Å². The topological polar surface area (TPSA) is 49.4 Å². The largest absolute Gasteiger partial charge is 0.352 e. The van der Waals surface area contributed by atoms with Gasteiger partial charge in [-0.05, 0) is 19.3 Å². The number of hydrogen-bond donors (Lipinski definition) is 1. The Hall–Kier alpha value is -1.06. The maximum Gasteiger partial charge on any atom is 0.239 e. The molecule has 1 saturated carbocycles. The molecule has 0 aromatic heterocycles. The van der Waals surface area contributed by atoms with Gasteiger partial charge in [0.25, 0.3) is 0 Å². The number of amides is 2. The molecule has 2 fully saturated rings. The molecule has 2 amide bonds. The Morgan fingerprint density at radius 3 is 2.85 bits per heavy atom. The quantitative estimate of drug-likeness (QED) is 0.662. The van der Waals surface area contributed by atoms with Crippen molar-refractivity contribution < 1.29 is 9.59 Å². The minimum absolute atomic E-state index is 0.00208. The molecule has 13 heavy (non-hydrogen) atoms. The first kappa shape index (κ1) is 8.53. The maximum absolute atomic E-state index is 11.3. The van der Waals surface area contributed by atoms with E-state index in [1.807, 2.05) is 0 Å². The second-order valence-corrected chi connectivity index (χ2v) is 3.76. The highest BCUT2D eigenvalue weighted by Crippen LogP contribution is 2.18. The van der Waals surface area contributed by atoms with E-state index in [1.54, 1.807) is 4.90 Å². The van der Waals surface area contributed by atoms with Gasteiger partial charge in [0.15, 0.2) is 0 Å². The average molecular weight is 182 g/mol. The molecule has 0 atom stereocenters. The number of nitrogens with one attached hydrogen (secondary N) is 1. The molecule has 0 bridgehead atoms. The van der Waals surface area contributed by atoms with E-state index in [1.165, 1.54) is 0 Å². The summed E-state index contributed by atoms with van der Waals surface area (Å²) in [7, 11) is 0. The van der Waals surface area contributed by atoms with Crippen LogP contribution in [-0.4, -0.2) is 35.8 Å². The molecule has 2 rings (SSSR count). The Morgan fingerprint density at radius 1 is 1.54 bits per heavy atom. The monoisotopic (exact) mass is 182 g/mol. The third-order valence-corrected chi connectivity index (χ3v) is 2.45. The highest BCUT2D eigenvalue weighted by molar-refractivity contribution is 5.86. The summed E-state index contributed by atoms with van der Waals surface area (Å²) in [5, 5.41) is 2.87. The van der Waals surface area contributed by atoms with Gasteiger partial charge in [0.2, 0.25) is 11.8 Å². The second kappa shape index (κ2) is 3.36. The van der Waals surface area contributed by atoms with Crippen LogP contribution >= 0.6 is 0 Å². The van der Waals surface area contributed by atoms with E-state index >= 15 is 0 Å². The van der Waals surface area contributed by atoms with Crippen LogP contribution < -0.4 is 5.32 Å². The van der Waals surface area contributed by atoms with Crippen molar-refractivity contribution in [3.05, 3.63) is 0 Å². The fourth-order valence-electron chi connectivity index (χ4n) is 1.55. The Balaban J connectivity index is 1.75. The molecule has 72 valence electrons. The molecular weight excluding hydrogens is 168 g/mol.